The number of rotatable bonds is 8. The molecule has 1 amide bonds. The van der Waals surface area contributed by atoms with Crippen LogP contribution in [0.2, 0.25) is 0 Å². The SMILES string of the molecule is C=CCNc1nnc(SCC(=O)N(C)C(C)c2ccc(F)cc2)s1. The molecule has 0 aliphatic heterocycles. The number of aromatic nitrogens is 2. The topological polar surface area (TPSA) is 58.1 Å². The van der Waals surface area contributed by atoms with Gasteiger partial charge >= 0.3 is 0 Å². The van der Waals surface area contributed by atoms with Gasteiger partial charge in [0.05, 0.1) is 11.8 Å². The van der Waals surface area contributed by atoms with Crippen molar-refractivity contribution in [2.75, 3.05) is 24.7 Å². The molecule has 5 nitrogen and oxygen atoms in total. The third-order valence-corrected chi connectivity index (χ3v) is 5.45. The van der Waals surface area contributed by atoms with Gasteiger partial charge in [0.1, 0.15) is 5.82 Å². The molecule has 2 rings (SSSR count). The molecule has 1 N–H and O–H groups in total. The Kier molecular flexibility index (Phi) is 6.74. The predicted octanol–water partition coefficient (Wildman–Crippen LogP) is 3.59. The van der Waals surface area contributed by atoms with E-state index in [1.165, 1.54) is 35.2 Å². The van der Waals surface area contributed by atoms with Crippen molar-refractivity contribution in [3.63, 3.8) is 0 Å². The Balaban J connectivity index is 1.88. The lowest BCUT2D eigenvalue weighted by atomic mass is 10.1. The van der Waals surface area contributed by atoms with Crippen LogP contribution in [0.4, 0.5) is 9.52 Å². The van der Waals surface area contributed by atoms with Crippen LogP contribution in [0.5, 0.6) is 0 Å². The number of carbonyl (C=O) groups excluding carboxylic acids is 1. The molecule has 0 bridgehead atoms. The lowest BCUT2D eigenvalue weighted by Gasteiger charge is -2.25. The van der Waals surface area contributed by atoms with Gasteiger partial charge in [-0.25, -0.2) is 4.39 Å². The average molecular weight is 366 g/mol. The summed E-state index contributed by atoms with van der Waals surface area (Å²) in [4.78, 5) is 14.0. The first-order valence-corrected chi connectivity index (χ1v) is 9.13. The highest BCUT2D eigenvalue weighted by molar-refractivity contribution is 8.01. The molecule has 0 saturated heterocycles. The van der Waals surface area contributed by atoms with Gasteiger partial charge in [-0.15, -0.1) is 16.8 Å². The molecule has 1 heterocycles. The molecule has 128 valence electrons. The molecule has 1 aromatic heterocycles. The lowest BCUT2D eigenvalue weighted by molar-refractivity contribution is -0.128. The van der Waals surface area contributed by atoms with Crippen LogP contribution in [-0.2, 0) is 4.79 Å². The maximum atomic E-state index is 13.0. The van der Waals surface area contributed by atoms with Crippen molar-refractivity contribution in [3.8, 4) is 0 Å². The van der Waals surface area contributed by atoms with Crippen molar-refractivity contribution in [2.45, 2.75) is 17.3 Å². The van der Waals surface area contributed by atoms with E-state index in [0.29, 0.717) is 11.7 Å². The van der Waals surface area contributed by atoms with E-state index in [2.05, 4.69) is 22.1 Å². The van der Waals surface area contributed by atoms with E-state index >= 15 is 0 Å². The van der Waals surface area contributed by atoms with Crippen molar-refractivity contribution >= 4 is 34.1 Å². The van der Waals surface area contributed by atoms with Crippen LogP contribution in [0.15, 0.2) is 41.3 Å². The summed E-state index contributed by atoms with van der Waals surface area (Å²) in [7, 11) is 1.74. The minimum Gasteiger partial charge on any atom is -0.357 e. The second-order valence-electron chi connectivity index (χ2n) is 5.06. The standard InChI is InChI=1S/C16H19FN4OS2/c1-4-9-18-15-19-20-16(24-15)23-10-14(22)21(3)11(2)12-5-7-13(17)8-6-12/h4-8,11H,1,9-10H2,2-3H3,(H,18,19). The normalized spacial score (nSPS) is 11.8. The highest BCUT2D eigenvalue weighted by Crippen LogP contribution is 2.26. The molecule has 0 radical (unpaired) electrons. The number of thioether (sulfide) groups is 1. The second kappa shape index (κ2) is 8.79. The fourth-order valence-corrected chi connectivity index (χ4v) is 3.59. The number of hydrogen-bond acceptors (Lipinski definition) is 6. The molecule has 0 aliphatic carbocycles. The van der Waals surface area contributed by atoms with Crippen LogP contribution >= 0.6 is 23.1 Å². The monoisotopic (exact) mass is 366 g/mol. The summed E-state index contributed by atoms with van der Waals surface area (Å²) in [5.41, 5.74) is 0.893. The first-order valence-electron chi connectivity index (χ1n) is 7.33. The maximum Gasteiger partial charge on any atom is 0.233 e. The molecule has 1 atom stereocenters. The zero-order valence-corrected chi connectivity index (χ0v) is 15.2. The molecular formula is C16H19FN4OS2. The van der Waals surface area contributed by atoms with Gasteiger partial charge in [-0.05, 0) is 24.6 Å². The molecule has 0 spiro atoms. The second-order valence-corrected chi connectivity index (χ2v) is 7.26. The van der Waals surface area contributed by atoms with E-state index in [1.807, 2.05) is 6.92 Å². The lowest BCUT2D eigenvalue weighted by Crippen LogP contribution is -2.31. The number of carbonyl (C=O) groups is 1. The van der Waals surface area contributed by atoms with Crippen LogP contribution in [0.3, 0.4) is 0 Å². The number of halogens is 1. The van der Waals surface area contributed by atoms with Gasteiger partial charge in [0, 0.05) is 13.6 Å². The van der Waals surface area contributed by atoms with E-state index in [4.69, 9.17) is 0 Å². The summed E-state index contributed by atoms with van der Waals surface area (Å²) in [5, 5.41) is 11.8. The molecule has 0 aliphatic rings. The summed E-state index contributed by atoms with van der Waals surface area (Å²) in [6, 6.07) is 6.06. The fraction of sp³-hybridized carbons (Fsp3) is 0.312. The molecule has 24 heavy (non-hydrogen) atoms. The Morgan fingerprint density at radius 3 is 2.83 bits per heavy atom. The largest absolute Gasteiger partial charge is 0.357 e. The van der Waals surface area contributed by atoms with Crippen molar-refractivity contribution in [1.29, 1.82) is 0 Å². The van der Waals surface area contributed by atoms with E-state index in [9.17, 15) is 9.18 Å². The van der Waals surface area contributed by atoms with Gasteiger partial charge in [-0.3, -0.25) is 4.79 Å². The molecule has 2 aromatic rings. The summed E-state index contributed by atoms with van der Waals surface area (Å²) in [6.07, 6.45) is 1.74. The Labute approximate surface area is 149 Å². The van der Waals surface area contributed by atoms with E-state index in [1.54, 1.807) is 30.2 Å². The number of anilines is 1. The molecule has 1 unspecified atom stereocenters. The Bertz CT molecular complexity index is 690. The number of nitrogens with zero attached hydrogens (tertiary/aromatic N) is 3. The van der Waals surface area contributed by atoms with Crippen LogP contribution in [0, 0.1) is 5.82 Å². The Hall–Kier alpha value is -1.93. The minimum absolute atomic E-state index is 0.0207. The highest BCUT2D eigenvalue weighted by atomic mass is 32.2. The number of hydrogen-bond donors (Lipinski definition) is 1. The third kappa shape index (κ3) is 5.04. The van der Waals surface area contributed by atoms with Gasteiger partial charge in [0.2, 0.25) is 11.0 Å². The fourth-order valence-electron chi connectivity index (χ4n) is 1.91. The Morgan fingerprint density at radius 2 is 2.17 bits per heavy atom. The van der Waals surface area contributed by atoms with Gasteiger partial charge < -0.3 is 10.2 Å². The van der Waals surface area contributed by atoms with Crippen LogP contribution in [0.25, 0.3) is 0 Å². The van der Waals surface area contributed by atoms with E-state index < -0.39 is 0 Å². The van der Waals surface area contributed by atoms with Crippen LogP contribution in [-0.4, -0.2) is 40.3 Å². The zero-order chi connectivity index (χ0) is 17.5. The highest BCUT2D eigenvalue weighted by Gasteiger charge is 2.18. The number of benzene rings is 1. The minimum atomic E-state index is -0.285. The summed E-state index contributed by atoms with van der Waals surface area (Å²) >= 11 is 2.76. The molecule has 8 heteroatoms. The maximum absolute atomic E-state index is 13.0. The number of amides is 1. The summed E-state index contributed by atoms with van der Waals surface area (Å²) in [6.45, 7) is 6.16. The van der Waals surface area contributed by atoms with Crippen molar-refractivity contribution in [1.82, 2.24) is 15.1 Å². The summed E-state index contributed by atoms with van der Waals surface area (Å²) < 4.78 is 13.7. The van der Waals surface area contributed by atoms with Crippen molar-refractivity contribution in [2.24, 2.45) is 0 Å². The van der Waals surface area contributed by atoms with Crippen LogP contribution in [0.1, 0.15) is 18.5 Å². The number of nitrogens with one attached hydrogen (secondary N) is 1. The molecular weight excluding hydrogens is 347 g/mol. The molecule has 1 aromatic carbocycles. The van der Waals surface area contributed by atoms with E-state index in [0.717, 1.165) is 9.90 Å². The zero-order valence-electron chi connectivity index (χ0n) is 13.5. The average Bonchev–Trinajstić information content (AvgIpc) is 3.05. The van der Waals surface area contributed by atoms with Crippen molar-refractivity contribution < 1.29 is 9.18 Å². The van der Waals surface area contributed by atoms with Gasteiger partial charge in [-0.1, -0.05) is 41.3 Å². The first-order chi connectivity index (χ1) is 11.5. The summed E-state index contributed by atoms with van der Waals surface area (Å²) in [5.74, 6) is -0.0294. The van der Waals surface area contributed by atoms with E-state index in [-0.39, 0.29) is 23.5 Å². The Morgan fingerprint density at radius 1 is 1.46 bits per heavy atom. The predicted molar refractivity (Wildman–Crippen MR) is 96.9 cm³/mol. The third-order valence-electron chi connectivity index (χ3n) is 3.45. The van der Waals surface area contributed by atoms with Gasteiger partial charge in [-0.2, -0.15) is 0 Å². The quantitative estimate of drug-likeness (QED) is 0.571. The van der Waals surface area contributed by atoms with Gasteiger partial charge in [0.15, 0.2) is 4.34 Å². The van der Waals surface area contributed by atoms with Crippen molar-refractivity contribution in [3.05, 3.63) is 48.3 Å². The first kappa shape index (κ1) is 18.4. The molecule has 0 saturated carbocycles. The van der Waals surface area contributed by atoms with Crippen LogP contribution < -0.4 is 5.32 Å². The molecule has 0 fully saturated rings. The van der Waals surface area contributed by atoms with Gasteiger partial charge in [0.25, 0.3) is 0 Å². The smallest absolute Gasteiger partial charge is 0.233 e.